The summed E-state index contributed by atoms with van der Waals surface area (Å²) in [7, 11) is 0. The molecule has 4 aliphatic rings. The number of allylic oxidation sites excluding steroid dienone is 2. The molecule has 8 heteroatoms. The molecule has 4 bridgehead atoms. The van der Waals surface area contributed by atoms with Crippen LogP contribution in [0.4, 0.5) is 22.0 Å². The van der Waals surface area contributed by atoms with Crippen molar-refractivity contribution < 1.29 is 36.8 Å². The van der Waals surface area contributed by atoms with Gasteiger partial charge in [-0.05, 0) is 68.1 Å². The molecule has 2 unspecified atom stereocenters. The SMILES string of the molecule is C=CCC(C(OOCO)C1C2CC3CC(C2)CC1C3)C(F)(F)C(F)=C(F)F. The fourth-order valence-electron chi connectivity index (χ4n) is 5.97. The molecule has 0 radical (unpaired) electrons. The predicted molar refractivity (Wildman–Crippen MR) is 87.2 cm³/mol. The summed E-state index contributed by atoms with van der Waals surface area (Å²) in [5.41, 5.74) is 0. The molecule has 4 saturated carbocycles. The second-order valence-corrected chi connectivity index (χ2v) is 8.14. The van der Waals surface area contributed by atoms with Gasteiger partial charge in [0.05, 0.1) is 5.92 Å². The van der Waals surface area contributed by atoms with Crippen LogP contribution in [0.15, 0.2) is 24.6 Å². The van der Waals surface area contributed by atoms with Crippen molar-refractivity contribution in [1.82, 2.24) is 0 Å². The van der Waals surface area contributed by atoms with Gasteiger partial charge in [0.15, 0.2) is 6.79 Å². The lowest BCUT2D eigenvalue weighted by Crippen LogP contribution is -2.54. The second-order valence-electron chi connectivity index (χ2n) is 8.14. The van der Waals surface area contributed by atoms with Gasteiger partial charge in [0.25, 0.3) is 0 Å². The Morgan fingerprint density at radius 1 is 1.07 bits per heavy atom. The second kappa shape index (κ2) is 8.17. The van der Waals surface area contributed by atoms with E-state index in [1.165, 1.54) is 0 Å². The van der Waals surface area contributed by atoms with Crippen LogP contribution in [0.5, 0.6) is 0 Å². The molecule has 0 amide bonds. The van der Waals surface area contributed by atoms with E-state index >= 15 is 0 Å². The van der Waals surface area contributed by atoms with Gasteiger partial charge in [0.1, 0.15) is 6.10 Å². The number of alkyl halides is 2. The fourth-order valence-corrected chi connectivity index (χ4v) is 5.97. The van der Waals surface area contributed by atoms with Crippen LogP contribution in [0.3, 0.4) is 0 Å². The Kier molecular flexibility index (Phi) is 6.27. The van der Waals surface area contributed by atoms with E-state index in [2.05, 4.69) is 11.5 Å². The van der Waals surface area contributed by atoms with E-state index in [1.54, 1.807) is 0 Å². The van der Waals surface area contributed by atoms with Crippen LogP contribution < -0.4 is 0 Å². The van der Waals surface area contributed by atoms with Crippen molar-refractivity contribution in [3.63, 3.8) is 0 Å². The highest BCUT2D eigenvalue weighted by molar-refractivity contribution is 5.12. The van der Waals surface area contributed by atoms with Crippen molar-refractivity contribution in [2.75, 3.05) is 6.79 Å². The summed E-state index contributed by atoms with van der Waals surface area (Å²) in [6.45, 7) is 2.54. The van der Waals surface area contributed by atoms with Crippen LogP contribution >= 0.6 is 0 Å². The molecule has 0 heterocycles. The molecule has 27 heavy (non-hydrogen) atoms. The maximum atomic E-state index is 14.7. The molecule has 154 valence electrons. The lowest BCUT2D eigenvalue weighted by molar-refractivity contribution is -0.386. The van der Waals surface area contributed by atoms with Crippen molar-refractivity contribution in [2.24, 2.45) is 35.5 Å². The summed E-state index contributed by atoms with van der Waals surface area (Å²) in [6.07, 6.45) is 1.01. The largest absolute Gasteiger partial charge is 0.368 e. The third-order valence-corrected chi connectivity index (χ3v) is 6.65. The molecular weight excluding hydrogens is 371 g/mol. The molecule has 3 nitrogen and oxygen atoms in total. The lowest BCUT2D eigenvalue weighted by Gasteiger charge is -2.56. The van der Waals surface area contributed by atoms with Gasteiger partial charge < -0.3 is 5.11 Å². The summed E-state index contributed by atoms with van der Waals surface area (Å²) in [6, 6.07) is 0. The summed E-state index contributed by atoms with van der Waals surface area (Å²) in [5.74, 6) is -8.08. The van der Waals surface area contributed by atoms with Gasteiger partial charge in [0.2, 0.25) is 5.83 Å². The van der Waals surface area contributed by atoms with Gasteiger partial charge in [0, 0.05) is 0 Å². The van der Waals surface area contributed by atoms with E-state index in [-0.39, 0.29) is 17.8 Å². The molecule has 0 spiro atoms. The molecular formula is C19H25F5O3. The minimum absolute atomic E-state index is 0.110. The number of aliphatic hydroxyl groups excluding tert-OH is 1. The van der Waals surface area contributed by atoms with Gasteiger partial charge in [-0.15, -0.1) is 6.58 Å². The first-order chi connectivity index (χ1) is 12.8. The number of aliphatic hydroxyl groups is 1. The zero-order valence-electron chi connectivity index (χ0n) is 14.9. The molecule has 4 aliphatic carbocycles. The number of rotatable bonds is 9. The molecule has 0 aliphatic heterocycles. The van der Waals surface area contributed by atoms with Gasteiger partial charge in [-0.1, -0.05) is 6.08 Å². The highest BCUT2D eigenvalue weighted by Gasteiger charge is 2.58. The van der Waals surface area contributed by atoms with Gasteiger partial charge in [-0.2, -0.15) is 22.0 Å². The van der Waals surface area contributed by atoms with Crippen LogP contribution in [0, 0.1) is 35.5 Å². The fraction of sp³-hybridized carbons (Fsp3) is 0.789. The average Bonchev–Trinajstić information content (AvgIpc) is 2.60. The van der Waals surface area contributed by atoms with Crippen molar-refractivity contribution in [2.45, 2.75) is 50.6 Å². The van der Waals surface area contributed by atoms with E-state index in [0.717, 1.165) is 38.2 Å². The smallest absolute Gasteiger partial charge is 0.309 e. The lowest BCUT2D eigenvalue weighted by atomic mass is 9.50. The van der Waals surface area contributed by atoms with E-state index in [1.807, 2.05) is 0 Å². The first-order valence-corrected chi connectivity index (χ1v) is 9.38. The Morgan fingerprint density at radius 3 is 2.07 bits per heavy atom. The maximum absolute atomic E-state index is 14.7. The van der Waals surface area contributed by atoms with E-state index in [4.69, 9.17) is 9.99 Å². The number of hydrogen-bond donors (Lipinski definition) is 1. The third kappa shape index (κ3) is 3.93. The monoisotopic (exact) mass is 396 g/mol. The van der Waals surface area contributed by atoms with Gasteiger partial charge >= 0.3 is 12.0 Å². The zero-order chi connectivity index (χ0) is 19.8. The summed E-state index contributed by atoms with van der Waals surface area (Å²) in [5, 5.41) is 8.92. The minimum Gasteiger partial charge on any atom is -0.368 e. The van der Waals surface area contributed by atoms with Crippen LogP contribution in [0.1, 0.15) is 38.5 Å². The Labute approximate surface area is 155 Å². The Morgan fingerprint density at radius 2 is 1.63 bits per heavy atom. The molecule has 0 saturated heterocycles. The molecule has 4 rings (SSSR count). The normalized spacial score (nSPS) is 34.4. The molecule has 0 aromatic rings. The summed E-state index contributed by atoms with van der Waals surface area (Å²) < 4.78 is 68.3. The molecule has 4 fully saturated rings. The summed E-state index contributed by atoms with van der Waals surface area (Å²) in [4.78, 5) is 9.71. The topological polar surface area (TPSA) is 38.7 Å². The van der Waals surface area contributed by atoms with Crippen LogP contribution in [-0.4, -0.2) is 23.9 Å². The van der Waals surface area contributed by atoms with Gasteiger partial charge in [-0.25, -0.2) is 9.78 Å². The average molecular weight is 396 g/mol. The predicted octanol–water partition coefficient (Wildman–Crippen LogP) is 5.23. The van der Waals surface area contributed by atoms with Crippen LogP contribution in [0.25, 0.3) is 0 Å². The Hall–Kier alpha value is -0.990. The first-order valence-electron chi connectivity index (χ1n) is 9.38. The highest BCUT2D eigenvalue weighted by atomic mass is 19.3. The molecule has 2 atom stereocenters. The zero-order valence-corrected chi connectivity index (χ0v) is 14.9. The molecule has 0 aromatic carbocycles. The van der Waals surface area contributed by atoms with E-state index in [9.17, 15) is 22.0 Å². The van der Waals surface area contributed by atoms with Crippen molar-refractivity contribution in [1.29, 1.82) is 0 Å². The maximum Gasteiger partial charge on any atom is 0.309 e. The molecule has 0 aromatic heterocycles. The number of halogens is 5. The van der Waals surface area contributed by atoms with E-state index in [0.29, 0.717) is 11.8 Å². The molecule has 1 N–H and O–H groups in total. The van der Waals surface area contributed by atoms with Crippen molar-refractivity contribution in [3.05, 3.63) is 24.6 Å². The summed E-state index contributed by atoms with van der Waals surface area (Å²) >= 11 is 0. The van der Waals surface area contributed by atoms with Crippen LogP contribution in [0.2, 0.25) is 0 Å². The standard InChI is InChI=1S/C19H25F5O3/c1-2-3-14(19(23,24)17(20)18(21)22)16(27-26-9-25)15-12-5-10-4-11(7-12)8-13(15)6-10/h2,10-16,25H,1,3-9H2. The quantitative estimate of drug-likeness (QED) is 0.191. The first kappa shape index (κ1) is 20.7. The Bertz CT molecular complexity index is 548. The highest BCUT2D eigenvalue weighted by Crippen LogP contribution is 2.59. The van der Waals surface area contributed by atoms with Crippen LogP contribution in [-0.2, 0) is 9.78 Å². The van der Waals surface area contributed by atoms with E-state index < -0.39 is 43.1 Å². The van der Waals surface area contributed by atoms with Gasteiger partial charge in [-0.3, -0.25) is 0 Å². The number of hydrogen-bond acceptors (Lipinski definition) is 3. The third-order valence-electron chi connectivity index (χ3n) is 6.65. The van der Waals surface area contributed by atoms with Crippen molar-refractivity contribution >= 4 is 0 Å². The minimum atomic E-state index is -4.43. The van der Waals surface area contributed by atoms with Crippen molar-refractivity contribution in [3.8, 4) is 0 Å². The Balaban J connectivity index is 1.94.